The van der Waals surface area contributed by atoms with Crippen LogP contribution in [-0.4, -0.2) is 351 Å². The smallest absolute Gasteiger partial charge is 0.176 e. The van der Waals surface area contributed by atoms with Crippen LogP contribution < -0.4 is 16.0 Å². The van der Waals surface area contributed by atoms with Gasteiger partial charge in [0.05, 0.1) is 104 Å². The number of rotatable bonds is 0. The Hall–Kier alpha value is 1.96. The van der Waals surface area contributed by atoms with E-state index in [0.29, 0.717) is 60.5 Å². The third-order valence-corrected chi connectivity index (χ3v) is 42.5. The molecular weight excluding hydrogens is 1880 g/mol. The van der Waals surface area contributed by atoms with Crippen molar-refractivity contribution in [1.82, 2.24) is 16.0 Å². The Morgan fingerprint density at radius 1 is 0.223 bits per heavy atom. The lowest BCUT2D eigenvalue weighted by atomic mass is 10.0. The van der Waals surface area contributed by atoms with Crippen molar-refractivity contribution in [2.45, 2.75) is 199 Å². The van der Waals surface area contributed by atoms with Crippen molar-refractivity contribution >= 4 is 173 Å². The van der Waals surface area contributed by atoms with E-state index in [4.69, 9.17) is 33.2 Å². The molecule has 43 heteroatoms. The zero-order chi connectivity index (χ0) is 88.5. The quantitative estimate of drug-likeness (QED) is 0.203. The first-order chi connectivity index (χ1) is 58.3. The highest BCUT2D eigenvalue weighted by atomic mass is 32.3. The first-order valence-electron chi connectivity index (χ1n) is 44.1. The molecule has 20 saturated heterocycles. The van der Waals surface area contributed by atoms with E-state index in [1.165, 1.54) is 250 Å². The van der Waals surface area contributed by atoms with Crippen LogP contribution in [0.2, 0.25) is 0 Å². The van der Waals surface area contributed by atoms with Crippen molar-refractivity contribution in [3.63, 3.8) is 0 Å². The Bertz CT molecular complexity index is 2650. The van der Waals surface area contributed by atoms with Crippen LogP contribution in [0.15, 0.2) is 0 Å². The molecule has 22 rings (SSSR count). The molecule has 0 radical (unpaired) electrons. The van der Waals surface area contributed by atoms with Gasteiger partial charge in [-0.05, 0) is 202 Å². The molecule has 1 unspecified atom stereocenters. The molecule has 0 amide bonds. The Balaban J connectivity index is 0.000000635. The van der Waals surface area contributed by atoms with Crippen LogP contribution in [0.3, 0.4) is 0 Å². The molecule has 0 spiro atoms. The minimum absolute atomic E-state index is 0.0764. The van der Waals surface area contributed by atoms with Crippen molar-refractivity contribution < 1.29 is 105 Å². The summed E-state index contributed by atoms with van der Waals surface area (Å²) in [6, 6.07) is 0. The van der Waals surface area contributed by atoms with E-state index in [1.807, 2.05) is 47.0 Å². The molecule has 2 saturated carbocycles. The molecule has 20 aliphatic heterocycles. The van der Waals surface area contributed by atoms with Gasteiger partial charge in [0.15, 0.2) is 34.6 Å². The Labute approximate surface area is 769 Å². The molecule has 0 aromatic carbocycles. The highest BCUT2D eigenvalue weighted by Crippen LogP contribution is 2.21. The van der Waals surface area contributed by atoms with Gasteiger partial charge in [0.2, 0.25) is 0 Å². The zero-order valence-corrected chi connectivity index (χ0v) is 86.0. The number of sulfone groups is 6. The third kappa shape index (κ3) is 90.9. The Morgan fingerprint density at radius 3 is 0.727 bits per heavy atom. The van der Waals surface area contributed by atoms with Crippen LogP contribution in [0.5, 0.6) is 0 Å². The molecule has 0 aromatic rings. The summed E-state index contributed by atoms with van der Waals surface area (Å²) in [5.41, 5.74) is 0. The number of hydrogen-bond donors (Lipinski definition) is 3. The largest absolute Gasteiger partial charge is 0.381 e. The molecule has 27 nitrogen and oxygen atoms in total. The fraction of sp³-hybridized carbons (Fsp3) is 1.00. The first kappa shape index (κ1) is 121. The second-order valence-electron chi connectivity index (χ2n) is 30.0. The summed E-state index contributed by atoms with van der Waals surface area (Å²) in [6.45, 7) is 15.7. The summed E-state index contributed by atoms with van der Waals surface area (Å²) in [4.78, 5) is 0. The average Bonchev–Trinajstić information content (AvgIpc) is 1.53. The van der Waals surface area contributed by atoms with Crippen molar-refractivity contribution in [1.29, 1.82) is 0 Å². The van der Waals surface area contributed by atoms with Gasteiger partial charge in [-0.3, -0.25) is 22.2 Å². The molecule has 2 aliphatic carbocycles. The lowest BCUT2D eigenvalue weighted by Crippen LogP contribution is -2.23. The minimum atomic E-state index is -3.24. The summed E-state index contributed by atoms with van der Waals surface area (Å²) >= 11 is 12.1. The van der Waals surface area contributed by atoms with Crippen molar-refractivity contribution in [3.05, 3.63) is 0 Å². The molecule has 1 atom stereocenters. The Kier molecular flexibility index (Phi) is 84.9. The van der Waals surface area contributed by atoms with Gasteiger partial charge in [-0.2, -0.15) is 58.8 Å². The molecule has 121 heavy (non-hydrogen) atoms. The van der Waals surface area contributed by atoms with Crippen molar-refractivity contribution in [2.75, 3.05) is 284 Å². The SMILES string of the molecule is C1CCC1.C1CCCC1.C1CCNC1.C1CCNC1.C1CCOC1.C1CCSC1.C1CCSC1.C1COC1.C1COCN1.C1COCO1.C1CSC1.C1CSCO1.C1CSCS1.O=S1(=O)CCC1.O=S1(=O)CCCC1.O=S1(=O)CCCC1.O=S1(=O)CCOC1.O=S1(=O)CCS(=O)(=O)C1.O=S1CCC1.O=S1CCCC1.O=S1CCCC1.O=S1CCOC1. The molecule has 726 valence electrons. The van der Waals surface area contributed by atoms with E-state index in [0.717, 1.165) is 144 Å². The number of nitrogens with one attached hydrogen (secondary N) is 3. The van der Waals surface area contributed by atoms with E-state index >= 15 is 0 Å². The van der Waals surface area contributed by atoms with E-state index in [9.17, 15) is 67.3 Å². The lowest BCUT2D eigenvalue weighted by Gasteiger charge is -2.09. The summed E-state index contributed by atoms with van der Waals surface area (Å²) in [7, 11) is -18.7. The van der Waals surface area contributed by atoms with Gasteiger partial charge in [0, 0.05) is 139 Å². The van der Waals surface area contributed by atoms with E-state index in [1.54, 1.807) is 0 Å². The topological polar surface area (TPSA) is 383 Å². The van der Waals surface area contributed by atoms with Gasteiger partial charge < -0.3 is 48.5 Å². The molecular formula is C78H159N3O24S16. The highest BCUT2D eigenvalue weighted by Gasteiger charge is 2.31. The third-order valence-electron chi connectivity index (χ3n) is 18.5. The molecule has 22 fully saturated rings. The Morgan fingerprint density at radius 2 is 0.620 bits per heavy atom. The van der Waals surface area contributed by atoms with Gasteiger partial charge in [-0.15, -0.1) is 11.8 Å². The maximum Gasteiger partial charge on any atom is 0.176 e. The molecule has 22 aliphatic rings. The van der Waals surface area contributed by atoms with Crippen LogP contribution in [0, 0.1) is 0 Å². The average molecular weight is 2040 g/mol. The standard InChI is InChI=1S/C5H10.2C4H9N.2C4H8O2S.2C4H8OS.C4H8O.2C4H8S.C4H8.C3H7NO.C3H6O4S2.C3H6O3S.2C3H6O2S.C3H6O2.2C3H6OS.C3H6O.C3H6S2.C3H6S/c3*1-2-4-5-3-1;2*5-7(6)3-1-2-4-7;2*5-6-3-1-2-4-6;3*1-2-4-5-3-1;1-2-4-3-1;1-2-5-3-4-1;4-8(5)1-2-9(6,7)3-8;4-7(5)2-1-6-3-7;4-6-2-1-5-3-6;4-6(5)2-1-3-6;2*1-2-5-3-4-1;4-5-2-1-3-5;1-2-4-3-1;1-2-5-3-4-1;1-2-4-3-1/h1-5H2;2*5H,1-4H2;2*1-4H2;2*1-4H2;3*1-4H2;1-4H2;4H,1-3H2;1-3H2;1-3H2;2*1-3H2;3*1-3H2;1-3H2;1-3H2;1-3H2. The van der Waals surface area contributed by atoms with Crippen LogP contribution in [0.1, 0.15) is 199 Å². The van der Waals surface area contributed by atoms with Gasteiger partial charge in [0.25, 0.3) is 0 Å². The van der Waals surface area contributed by atoms with Gasteiger partial charge >= 0.3 is 0 Å². The second kappa shape index (κ2) is 84.9. The highest BCUT2D eigenvalue weighted by molar-refractivity contribution is 8.19. The minimum Gasteiger partial charge on any atom is -0.381 e. The van der Waals surface area contributed by atoms with Crippen molar-refractivity contribution in [3.8, 4) is 0 Å². The zero-order valence-electron chi connectivity index (χ0n) is 73.0. The molecule has 3 N–H and O–H groups in total. The summed E-state index contributed by atoms with van der Waals surface area (Å²) < 4.78 is 204. The second-order valence-corrected chi connectivity index (χ2v) is 57.7. The molecule has 0 bridgehead atoms. The van der Waals surface area contributed by atoms with Gasteiger partial charge in [-0.1, -0.05) is 57.8 Å². The van der Waals surface area contributed by atoms with Crippen LogP contribution in [0.25, 0.3) is 0 Å². The van der Waals surface area contributed by atoms with Gasteiger partial charge in [0.1, 0.15) is 48.2 Å². The predicted molar refractivity (Wildman–Crippen MR) is 522 cm³/mol. The maximum absolute atomic E-state index is 10.5. The van der Waals surface area contributed by atoms with Crippen LogP contribution in [-0.2, 0) is 140 Å². The normalized spacial score (nSPS) is 26.1. The summed E-state index contributed by atoms with van der Waals surface area (Å²) in [6.07, 6.45) is 40.5. The molecule has 0 aromatic heterocycles. The van der Waals surface area contributed by atoms with E-state index < -0.39 is 107 Å². The molecule has 20 heterocycles. The maximum atomic E-state index is 10.5. The number of ether oxygens (including phenoxy) is 8. The summed E-state index contributed by atoms with van der Waals surface area (Å²) in [5.74, 6) is 22.6. The van der Waals surface area contributed by atoms with E-state index in [2.05, 4.69) is 44.2 Å². The fourth-order valence-electron chi connectivity index (χ4n) is 10.3. The van der Waals surface area contributed by atoms with Crippen molar-refractivity contribution in [2.24, 2.45) is 0 Å². The first-order valence-corrected chi connectivity index (χ1v) is 68.0. The fourth-order valence-corrected chi connectivity index (χ4v) is 29.1. The van der Waals surface area contributed by atoms with E-state index in [-0.39, 0.29) is 23.2 Å². The van der Waals surface area contributed by atoms with Crippen LogP contribution in [0.4, 0.5) is 0 Å². The monoisotopic (exact) mass is 2030 g/mol. The summed E-state index contributed by atoms with van der Waals surface area (Å²) in [5, 5.41) is 10.1. The van der Waals surface area contributed by atoms with Gasteiger partial charge in [-0.25, -0.2) is 50.5 Å². The number of thioether (sulfide) groups is 6. The number of hydrogen-bond acceptors (Lipinski definition) is 33. The lowest BCUT2D eigenvalue weighted by molar-refractivity contribution is 0.0367. The van der Waals surface area contributed by atoms with Crippen LogP contribution >= 0.6 is 70.6 Å². The predicted octanol–water partition coefficient (Wildman–Crippen LogP) is 10.6.